The fourth-order valence-corrected chi connectivity index (χ4v) is 3.43. The van der Waals surface area contributed by atoms with Crippen molar-refractivity contribution < 1.29 is 18.8 Å². The number of benzene rings is 2. The molecule has 2 aromatic carbocycles. The van der Waals surface area contributed by atoms with E-state index in [0.717, 1.165) is 5.56 Å². The monoisotopic (exact) mass is 397 g/mol. The quantitative estimate of drug-likeness (QED) is 0.833. The normalized spacial score (nSPS) is 16.2. The van der Waals surface area contributed by atoms with Crippen molar-refractivity contribution in [3.8, 4) is 0 Å². The number of anilines is 1. The highest BCUT2D eigenvalue weighted by Crippen LogP contribution is 2.23. The molecule has 1 atom stereocenters. The number of amides is 3. The first-order valence-electron chi connectivity index (χ1n) is 9.57. The number of piperidine rings is 1. The van der Waals surface area contributed by atoms with Crippen LogP contribution in [0.15, 0.2) is 42.5 Å². The first-order chi connectivity index (χ1) is 13.9. The van der Waals surface area contributed by atoms with Crippen LogP contribution in [0.25, 0.3) is 0 Å². The van der Waals surface area contributed by atoms with Gasteiger partial charge in [0.2, 0.25) is 5.91 Å². The van der Waals surface area contributed by atoms with Gasteiger partial charge in [-0.1, -0.05) is 6.07 Å². The summed E-state index contributed by atoms with van der Waals surface area (Å²) in [6.45, 7) is 2.72. The van der Waals surface area contributed by atoms with Gasteiger partial charge >= 0.3 is 0 Å². The fourth-order valence-electron chi connectivity index (χ4n) is 3.43. The molecule has 6 nitrogen and oxygen atoms in total. The summed E-state index contributed by atoms with van der Waals surface area (Å²) in [5, 5.41) is 5.46. The average molecular weight is 397 g/mol. The van der Waals surface area contributed by atoms with Crippen molar-refractivity contribution in [3.05, 3.63) is 65.0 Å². The first-order valence-corrected chi connectivity index (χ1v) is 9.57. The lowest BCUT2D eigenvalue weighted by Gasteiger charge is -2.32. The molecule has 1 aliphatic heterocycles. The minimum atomic E-state index is -0.396. The number of aryl methyl sites for hydroxylation is 1. The third-order valence-electron chi connectivity index (χ3n) is 5.16. The molecule has 0 aromatic heterocycles. The summed E-state index contributed by atoms with van der Waals surface area (Å²) in [7, 11) is 1.55. The van der Waals surface area contributed by atoms with Crippen molar-refractivity contribution >= 4 is 23.4 Å². The van der Waals surface area contributed by atoms with Crippen molar-refractivity contribution in [1.29, 1.82) is 0 Å². The maximum Gasteiger partial charge on any atom is 0.253 e. The molecule has 1 heterocycles. The molecule has 1 saturated heterocycles. The van der Waals surface area contributed by atoms with E-state index in [9.17, 15) is 18.8 Å². The van der Waals surface area contributed by atoms with Gasteiger partial charge in [0, 0.05) is 37.0 Å². The van der Waals surface area contributed by atoms with Gasteiger partial charge in [-0.05, 0) is 61.7 Å². The Morgan fingerprint density at radius 3 is 2.45 bits per heavy atom. The number of nitrogens with zero attached hydrogens (tertiary/aromatic N) is 1. The highest BCUT2D eigenvalue weighted by Gasteiger charge is 2.29. The highest BCUT2D eigenvalue weighted by atomic mass is 19.1. The van der Waals surface area contributed by atoms with Crippen molar-refractivity contribution in [1.82, 2.24) is 10.2 Å². The minimum absolute atomic E-state index is 0.182. The Kier molecular flexibility index (Phi) is 6.26. The smallest absolute Gasteiger partial charge is 0.253 e. The maximum absolute atomic E-state index is 13.1. The van der Waals surface area contributed by atoms with Crippen LogP contribution >= 0.6 is 0 Å². The summed E-state index contributed by atoms with van der Waals surface area (Å²) in [6, 6.07) is 10.5. The maximum atomic E-state index is 13.1. The van der Waals surface area contributed by atoms with Gasteiger partial charge in [-0.3, -0.25) is 14.4 Å². The molecule has 0 spiro atoms. The molecule has 1 unspecified atom stereocenters. The Hall–Kier alpha value is -3.22. The topological polar surface area (TPSA) is 78.5 Å². The second-order valence-corrected chi connectivity index (χ2v) is 7.20. The summed E-state index contributed by atoms with van der Waals surface area (Å²) < 4.78 is 13.1. The molecular formula is C22H24FN3O3. The van der Waals surface area contributed by atoms with E-state index < -0.39 is 5.82 Å². The van der Waals surface area contributed by atoms with Gasteiger partial charge in [0.05, 0.1) is 5.92 Å². The van der Waals surface area contributed by atoms with Gasteiger partial charge in [-0.15, -0.1) is 0 Å². The van der Waals surface area contributed by atoms with Gasteiger partial charge < -0.3 is 15.5 Å². The zero-order chi connectivity index (χ0) is 21.0. The van der Waals surface area contributed by atoms with E-state index in [2.05, 4.69) is 10.6 Å². The molecular weight excluding hydrogens is 373 g/mol. The predicted molar refractivity (Wildman–Crippen MR) is 108 cm³/mol. The molecule has 29 heavy (non-hydrogen) atoms. The van der Waals surface area contributed by atoms with Crippen LogP contribution in [0.2, 0.25) is 0 Å². The molecule has 152 valence electrons. The van der Waals surface area contributed by atoms with Crippen LogP contribution in [0.5, 0.6) is 0 Å². The third kappa shape index (κ3) is 4.80. The minimum Gasteiger partial charge on any atom is -0.355 e. The largest absolute Gasteiger partial charge is 0.355 e. The molecule has 1 aliphatic rings. The number of carbonyl (C=O) groups is 3. The zero-order valence-electron chi connectivity index (χ0n) is 16.5. The molecule has 0 radical (unpaired) electrons. The standard InChI is InChI=1S/C22H24FN3O3/c1-14-5-6-16(20(27)24-2)12-19(14)25-21(28)17-4-3-11-26(13-17)22(29)15-7-9-18(23)10-8-15/h5-10,12,17H,3-4,11,13H2,1-2H3,(H,24,27)(H,25,28). The van der Waals surface area contributed by atoms with Crippen LogP contribution in [0.1, 0.15) is 39.1 Å². The number of halogens is 1. The molecule has 2 N–H and O–H groups in total. The van der Waals surface area contributed by atoms with Crippen LogP contribution in [0.4, 0.5) is 10.1 Å². The van der Waals surface area contributed by atoms with Crippen LogP contribution < -0.4 is 10.6 Å². The lowest BCUT2D eigenvalue weighted by molar-refractivity contribution is -0.121. The van der Waals surface area contributed by atoms with Crippen molar-refractivity contribution in [3.63, 3.8) is 0 Å². The van der Waals surface area contributed by atoms with E-state index in [4.69, 9.17) is 0 Å². The Labute approximate surface area is 169 Å². The predicted octanol–water partition coefficient (Wildman–Crippen LogP) is 2.98. The Balaban J connectivity index is 1.69. The Morgan fingerprint density at radius 2 is 1.76 bits per heavy atom. The third-order valence-corrected chi connectivity index (χ3v) is 5.16. The number of hydrogen-bond donors (Lipinski definition) is 2. The van der Waals surface area contributed by atoms with Crippen molar-refractivity contribution in [2.75, 3.05) is 25.5 Å². The molecule has 2 aromatic rings. The van der Waals surface area contributed by atoms with Crippen molar-refractivity contribution in [2.24, 2.45) is 5.92 Å². The van der Waals surface area contributed by atoms with Crippen LogP contribution in [-0.4, -0.2) is 42.8 Å². The number of likely N-dealkylation sites (tertiary alicyclic amines) is 1. The summed E-state index contributed by atoms with van der Waals surface area (Å²) in [6.07, 6.45) is 1.38. The van der Waals surface area contributed by atoms with Crippen molar-refractivity contribution in [2.45, 2.75) is 19.8 Å². The number of rotatable bonds is 4. The van der Waals surface area contributed by atoms with Gasteiger partial charge in [0.25, 0.3) is 11.8 Å². The van der Waals surface area contributed by atoms with E-state index in [1.807, 2.05) is 6.92 Å². The second-order valence-electron chi connectivity index (χ2n) is 7.20. The van der Waals surface area contributed by atoms with E-state index in [1.54, 1.807) is 30.1 Å². The average Bonchev–Trinajstić information content (AvgIpc) is 2.74. The Morgan fingerprint density at radius 1 is 1.07 bits per heavy atom. The number of hydrogen-bond acceptors (Lipinski definition) is 3. The van der Waals surface area contributed by atoms with E-state index in [1.165, 1.54) is 24.3 Å². The molecule has 3 amide bonds. The van der Waals surface area contributed by atoms with E-state index >= 15 is 0 Å². The number of carbonyl (C=O) groups excluding carboxylic acids is 3. The van der Waals surface area contributed by atoms with Crippen LogP contribution in [-0.2, 0) is 4.79 Å². The molecule has 3 rings (SSSR count). The van der Waals surface area contributed by atoms with Crippen LogP contribution in [0.3, 0.4) is 0 Å². The lowest BCUT2D eigenvalue weighted by atomic mass is 9.96. The fraction of sp³-hybridized carbons (Fsp3) is 0.318. The molecule has 0 saturated carbocycles. The van der Waals surface area contributed by atoms with Gasteiger partial charge in [-0.2, -0.15) is 0 Å². The van der Waals surface area contributed by atoms with Crippen LogP contribution in [0, 0.1) is 18.7 Å². The van der Waals surface area contributed by atoms with Gasteiger partial charge in [0.1, 0.15) is 5.82 Å². The number of nitrogens with one attached hydrogen (secondary N) is 2. The summed E-state index contributed by atoms with van der Waals surface area (Å²) in [4.78, 5) is 39.0. The summed E-state index contributed by atoms with van der Waals surface area (Å²) in [5.41, 5.74) is 2.30. The molecule has 0 aliphatic carbocycles. The molecule has 0 bridgehead atoms. The van der Waals surface area contributed by atoms with Gasteiger partial charge in [-0.25, -0.2) is 4.39 Å². The highest BCUT2D eigenvalue weighted by molar-refractivity contribution is 5.99. The second kappa shape index (κ2) is 8.86. The Bertz CT molecular complexity index is 927. The summed E-state index contributed by atoms with van der Waals surface area (Å²) >= 11 is 0. The lowest BCUT2D eigenvalue weighted by Crippen LogP contribution is -2.43. The van der Waals surface area contributed by atoms with Gasteiger partial charge in [0.15, 0.2) is 0 Å². The molecule has 7 heteroatoms. The SMILES string of the molecule is CNC(=O)c1ccc(C)c(NC(=O)C2CCCN(C(=O)c3ccc(F)cc3)C2)c1. The van der Waals surface area contributed by atoms with E-state index in [0.29, 0.717) is 42.7 Å². The molecule has 1 fully saturated rings. The summed E-state index contributed by atoms with van der Waals surface area (Å²) in [5.74, 6) is -1.36. The first kappa shape index (κ1) is 20.5. The van der Waals surface area contributed by atoms with E-state index in [-0.39, 0.29) is 23.6 Å². The zero-order valence-corrected chi connectivity index (χ0v) is 16.5.